The smallest absolute Gasteiger partial charge is 0.462 e. The molecule has 0 aliphatic rings. The molecule has 1 heterocycles. The Balaban J connectivity index is 3.65. The summed E-state index contributed by atoms with van der Waals surface area (Å²) in [6.07, 6.45) is -8.80. The molecule has 0 saturated carbocycles. The molecule has 12 heteroatoms. The van der Waals surface area contributed by atoms with Crippen LogP contribution in [-0.4, -0.2) is 28.8 Å². The van der Waals surface area contributed by atoms with Gasteiger partial charge in [-0.2, -0.15) is 0 Å². The van der Waals surface area contributed by atoms with Crippen LogP contribution in [0.5, 0.6) is 5.75 Å². The predicted octanol–water partition coefficient (Wildman–Crippen LogP) is 3.00. The maximum Gasteiger partial charge on any atom is 0.573 e. The van der Waals surface area contributed by atoms with E-state index in [9.17, 15) is 36.9 Å². The van der Waals surface area contributed by atoms with Gasteiger partial charge in [0.1, 0.15) is 11.9 Å². The molecular weight excluding hydrogens is 323 g/mol. The van der Waals surface area contributed by atoms with Gasteiger partial charge in [-0.1, -0.05) is 0 Å². The highest BCUT2D eigenvalue weighted by molar-refractivity contribution is 5.97. The van der Waals surface area contributed by atoms with Gasteiger partial charge in [0.15, 0.2) is 11.3 Å². The van der Waals surface area contributed by atoms with Crippen LogP contribution in [0, 0.1) is 10.1 Å². The molecule has 0 unspecified atom stereocenters. The van der Waals surface area contributed by atoms with Crippen molar-refractivity contribution in [2.24, 2.45) is 0 Å². The molecule has 0 bridgehead atoms. The summed E-state index contributed by atoms with van der Waals surface area (Å²) in [6, 6.07) is 0. The Morgan fingerprint density at radius 3 is 2.45 bits per heavy atom. The lowest BCUT2D eigenvalue weighted by atomic mass is 10.1. The highest BCUT2D eigenvalue weighted by Crippen LogP contribution is 2.38. The first-order chi connectivity index (χ1) is 10.1. The van der Waals surface area contributed by atoms with Gasteiger partial charge in [0.2, 0.25) is 0 Å². The quantitative estimate of drug-likeness (QED) is 0.357. The van der Waals surface area contributed by atoms with Crippen molar-refractivity contribution in [1.29, 1.82) is 0 Å². The summed E-state index contributed by atoms with van der Waals surface area (Å²) < 4.78 is 70.1. The van der Waals surface area contributed by atoms with E-state index in [1.165, 1.54) is 6.92 Å². The number of hydrogen-bond acceptors (Lipinski definition) is 6. The molecular formula is C10H7F5N2O5. The molecule has 0 radical (unpaired) electrons. The summed E-state index contributed by atoms with van der Waals surface area (Å²) in [5.41, 5.74) is -4.19. The summed E-state index contributed by atoms with van der Waals surface area (Å²) in [5.74, 6) is -3.37. The number of nitrogens with zero attached hydrogens (tertiary/aromatic N) is 2. The molecule has 1 aromatic heterocycles. The van der Waals surface area contributed by atoms with Crippen LogP contribution in [0.1, 0.15) is 29.4 Å². The van der Waals surface area contributed by atoms with E-state index in [2.05, 4.69) is 14.5 Å². The van der Waals surface area contributed by atoms with Crippen molar-refractivity contribution in [3.05, 3.63) is 27.6 Å². The molecule has 0 spiro atoms. The van der Waals surface area contributed by atoms with Crippen molar-refractivity contribution in [3.63, 3.8) is 0 Å². The summed E-state index contributed by atoms with van der Waals surface area (Å²) in [4.78, 5) is 24.0. The molecule has 0 saturated heterocycles. The van der Waals surface area contributed by atoms with E-state index in [0.29, 0.717) is 0 Å². The van der Waals surface area contributed by atoms with Crippen molar-refractivity contribution in [2.45, 2.75) is 19.7 Å². The molecule has 1 rings (SSSR count). The van der Waals surface area contributed by atoms with Gasteiger partial charge in [0.25, 0.3) is 6.43 Å². The lowest BCUT2D eigenvalue weighted by molar-refractivity contribution is -0.385. The Labute approximate surface area is 118 Å². The standard InChI is InChI=1S/C10H7F5N2O5/c1-2-21-9(18)5-4(17(19)20)3-16-6(8(11)12)7(5)22-10(13,14)15/h3,8H,2H2,1H3. The normalized spacial score (nSPS) is 11.4. The van der Waals surface area contributed by atoms with Gasteiger partial charge in [0, 0.05) is 0 Å². The lowest BCUT2D eigenvalue weighted by Gasteiger charge is -2.15. The Bertz CT molecular complexity index is 590. The van der Waals surface area contributed by atoms with E-state index in [-0.39, 0.29) is 12.8 Å². The van der Waals surface area contributed by atoms with Gasteiger partial charge in [-0.05, 0) is 6.92 Å². The second-order valence-electron chi connectivity index (χ2n) is 3.56. The largest absolute Gasteiger partial charge is 0.573 e. The molecule has 0 aliphatic carbocycles. The van der Waals surface area contributed by atoms with Crippen molar-refractivity contribution in [3.8, 4) is 5.75 Å². The van der Waals surface area contributed by atoms with E-state index >= 15 is 0 Å². The highest BCUT2D eigenvalue weighted by Gasteiger charge is 2.40. The molecule has 1 aromatic rings. The minimum atomic E-state index is -5.47. The fraction of sp³-hybridized carbons (Fsp3) is 0.400. The zero-order valence-corrected chi connectivity index (χ0v) is 10.7. The number of nitro groups is 1. The van der Waals surface area contributed by atoms with Crippen LogP contribution in [0.4, 0.5) is 27.6 Å². The number of pyridine rings is 1. The van der Waals surface area contributed by atoms with Crippen molar-refractivity contribution < 1.29 is 41.1 Å². The molecule has 0 aromatic carbocycles. The summed E-state index contributed by atoms with van der Waals surface area (Å²) >= 11 is 0. The second-order valence-corrected chi connectivity index (χ2v) is 3.56. The number of rotatable bonds is 5. The Hall–Kier alpha value is -2.53. The third-order valence-corrected chi connectivity index (χ3v) is 2.14. The molecule has 7 nitrogen and oxygen atoms in total. The Morgan fingerprint density at radius 2 is 2.05 bits per heavy atom. The molecule has 0 amide bonds. The van der Waals surface area contributed by atoms with Gasteiger partial charge in [0.05, 0.1) is 11.5 Å². The fourth-order valence-electron chi connectivity index (χ4n) is 1.41. The van der Waals surface area contributed by atoms with Crippen molar-refractivity contribution in [2.75, 3.05) is 6.61 Å². The number of carbonyl (C=O) groups excluding carboxylic acids is 1. The third kappa shape index (κ3) is 3.99. The van der Waals surface area contributed by atoms with Gasteiger partial charge < -0.3 is 9.47 Å². The lowest BCUT2D eigenvalue weighted by Crippen LogP contribution is -2.22. The monoisotopic (exact) mass is 330 g/mol. The molecule has 22 heavy (non-hydrogen) atoms. The maximum atomic E-state index is 12.7. The maximum absolute atomic E-state index is 12.7. The first kappa shape index (κ1) is 17.5. The van der Waals surface area contributed by atoms with Gasteiger partial charge in [-0.3, -0.25) is 10.1 Å². The Morgan fingerprint density at radius 1 is 1.45 bits per heavy atom. The summed E-state index contributed by atoms with van der Waals surface area (Å²) in [7, 11) is 0. The summed E-state index contributed by atoms with van der Waals surface area (Å²) in [5, 5.41) is 10.8. The van der Waals surface area contributed by atoms with Gasteiger partial charge in [-0.15, -0.1) is 13.2 Å². The van der Waals surface area contributed by atoms with Crippen LogP contribution in [0.2, 0.25) is 0 Å². The highest BCUT2D eigenvalue weighted by atomic mass is 19.4. The first-order valence-electron chi connectivity index (χ1n) is 5.46. The molecule has 0 atom stereocenters. The number of ether oxygens (including phenoxy) is 2. The zero-order chi connectivity index (χ0) is 17.1. The van der Waals surface area contributed by atoms with Gasteiger partial charge in [-0.25, -0.2) is 18.6 Å². The number of esters is 1. The van der Waals surface area contributed by atoms with E-state index < -0.39 is 46.4 Å². The van der Waals surface area contributed by atoms with Crippen LogP contribution in [0.3, 0.4) is 0 Å². The van der Waals surface area contributed by atoms with Crippen molar-refractivity contribution in [1.82, 2.24) is 4.98 Å². The molecule has 0 aliphatic heterocycles. The van der Waals surface area contributed by atoms with Crippen LogP contribution in [0.25, 0.3) is 0 Å². The van der Waals surface area contributed by atoms with E-state index in [0.717, 1.165) is 0 Å². The van der Waals surface area contributed by atoms with Crippen LogP contribution >= 0.6 is 0 Å². The SMILES string of the molecule is CCOC(=O)c1c([N+](=O)[O-])cnc(C(F)F)c1OC(F)(F)F. The van der Waals surface area contributed by atoms with Crippen LogP contribution in [0.15, 0.2) is 6.20 Å². The topological polar surface area (TPSA) is 91.6 Å². The van der Waals surface area contributed by atoms with E-state index in [1.54, 1.807) is 0 Å². The van der Waals surface area contributed by atoms with Crippen LogP contribution in [-0.2, 0) is 4.74 Å². The Kier molecular flexibility index (Phi) is 5.17. The van der Waals surface area contributed by atoms with E-state index in [4.69, 9.17) is 0 Å². The summed E-state index contributed by atoms with van der Waals surface area (Å²) in [6.45, 7) is 0.914. The van der Waals surface area contributed by atoms with Crippen LogP contribution < -0.4 is 4.74 Å². The molecule has 0 fully saturated rings. The number of aromatic nitrogens is 1. The molecule has 122 valence electrons. The minimum absolute atomic E-state index is 0.233. The molecule has 0 N–H and O–H groups in total. The number of halogens is 5. The average molecular weight is 330 g/mol. The third-order valence-electron chi connectivity index (χ3n) is 2.14. The zero-order valence-electron chi connectivity index (χ0n) is 10.7. The fourth-order valence-corrected chi connectivity index (χ4v) is 1.41. The number of hydrogen-bond donors (Lipinski definition) is 0. The average Bonchev–Trinajstić information content (AvgIpc) is 2.35. The predicted molar refractivity (Wildman–Crippen MR) is 58.5 cm³/mol. The van der Waals surface area contributed by atoms with E-state index in [1.807, 2.05) is 0 Å². The second kappa shape index (κ2) is 6.49. The van der Waals surface area contributed by atoms with Crippen molar-refractivity contribution >= 4 is 11.7 Å². The number of carbonyl (C=O) groups is 1. The minimum Gasteiger partial charge on any atom is -0.462 e. The number of alkyl halides is 5. The first-order valence-corrected chi connectivity index (χ1v) is 5.46. The van der Waals surface area contributed by atoms with Gasteiger partial charge >= 0.3 is 18.0 Å².